The average molecular weight is 579 g/mol. The summed E-state index contributed by atoms with van der Waals surface area (Å²) in [6.07, 6.45) is 3.51. The molecule has 3 aromatic rings. The molecule has 2 heterocycles. The Kier molecular flexibility index (Phi) is 8.46. The minimum atomic E-state index is -4.04. The summed E-state index contributed by atoms with van der Waals surface area (Å²) in [4.78, 5) is 27.7. The summed E-state index contributed by atoms with van der Waals surface area (Å²) in [5, 5.41) is 1.73. The Hall–Kier alpha value is -4.09. The highest BCUT2D eigenvalue weighted by atomic mass is 32.2. The second-order valence-electron chi connectivity index (χ2n) is 10.1. The van der Waals surface area contributed by atoms with Gasteiger partial charge in [-0.15, -0.1) is 0 Å². The monoisotopic (exact) mass is 578 g/mol. The lowest BCUT2D eigenvalue weighted by Gasteiger charge is -2.26. The van der Waals surface area contributed by atoms with Gasteiger partial charge in [-0.25, -0.2) is 22.9 Å². The number of hydrogen-bond donors (Lipinski definition) is 2. The van der Waals surface area contributed by atoms with E-state index >= 15 is 0 Å². The van der Waals surface area contributed by atoms with E-state index in [1.54, 1.807) is 30.3 Å². The van der Waals surface area contributed by atoms with Gasteiger partial charge in [0.05, 0.1) is 25.2 Å². The molecule has 0 bridgehead atoms. The Bertz CT molecular complexity index is 1510. The van der Waals surface area contributed by atoms with E-state index in [9.17, 15) is 18.0 Å². The molecule has 1 saturated heterocycles. The summed E-state index contributed by atoms with van der Waals surface area (Å²) < 4.78 is 38.6. The van der Waals surface area contributed by atoms with Crippen molar-refractivity contribution in [1.29, 1.82) is 0 Å². The van der Waals surface area contributed by atoms with Crippen LogP contribution in [-0.4, -0.2) is 64.1 Å². The van der Waals surface area contributed by atoms with Crippen molar-refractivity contribution in [3.8, 4) is 11.5 Å². The third kappa shape index (κ3) is 6.15. The molecule has 216 valence electrons. The molecule has 5 rings (SSSR count). The van der Waals surface area contributed by atoms with E-state index in [-0.39, 0.29) is 16.8 Å². The molecule has 2 aliphatic rings. The molecule has 0 radical (unpaired) electrons. The molecular weight excluding hydrogens is 544 g/mol. The van der Waals surface area contributed by atoms with Gasteiger partial charge in [-0.2, -0.15) is 0 Å². The summed E-state index contributed by atoms with van der Waals surface area (Å²) in [5.74, 6) is 0.929. The molecule has 3 aromatic carbocycles. The van der Waals surface area contributed by atoms with Crippen molar-refractivity contribution in [3.05, 3.63) is 89.0 Å². The van der Waals surface area contributed by atoms with Gasteiger partial charge < -0.3 is 14.4 Å². The van der Waals surface area contributed by atoms with Crippen LogP contribution in [0.25, 0.3) is 0 Å². The summed E-state index contributed by atoms with van der Waals surface area (Å²) in [6.45, 7) is 1.79. The van der Waals surface area contributed by atoms with Crippen LogP contribution >= 0.6 is 0 Å². The Morgan fingerprint density at radius 1 is 0.927 bits per heavy atom. The number of nitrogens with one attached hydrogen (secondary N) is 2. The van der Waals surface area contributed by atoms with Gasteiger partial charge in [-0.05, 0) is 60.2 Å². The van der Waals surface area contributed by atoms with Crippen molar-refractivity contribution in [2.24, 2.45) is 0 Å². The third-order valence-corrected chi connectivity index (χ3v) is 8.83. The van der Waals surface area contributed by atoms with E-state index in [0.717, 1.165) is 36.0 Å². The standard InChI is InChI=1S/C30H34N4O6S/c1-39-26-19-24-25(20-27(26)40-2)29(35)34(28(24)22-9-5-3-6-10-22)18-15-21-11-13-23(14-12-21)41(37,38)32-30(36)31-33-16-7-4-8-17-33/h3,5-6,9-14,19-20,28H,4,7-8,15-18H2,1-2H3,(H2,31,32,36). The summed E-state index contributed by atoms with van der Waals surface area (Å²) in [5.41, 5.74) is 5.83. The zero-order valence-electron chi connectivity index (χ0n) is 23.1. The van der Waals surface area contributed by atoms with Crippen molar-refractivity contribution in [3.63, 3.8) is 0 Å². The van der Waals surface area contributed by atoms with Gasteiger partial charge in [0.25, 0.3) is 15.9 Å². The van der Waals surface area contributed by atoms with E-state index < -0.39 is 16.1 Å². The Balaban J connectivity index is 1.30. The molecule has 11 heteroatoms. The van der Waals surface area contributed by atoms with Crippen LogP contribution in [0.5, 0.6) is 11.5 Å². The molecule has 0 saturated carbocycles. The lowest BCUT2D eigenvalue weighted by molar-refractivity contribution is 0.0751. The molecule has 1 unspecified atom stereocenters. The Morgan fingerprint density at radius 3 is 2.24 bits per heavy atom. The normalized spacial score (nSPS) is 17.2. The topological polar surface area (TPSA) is 117 Å². The van der Waals surface area contributed by atoms with Gasteiger partial charge in [-0.3, -0.25) is 10.2 Å². The van der Waals surface area contributed by atoms with Crippen LogP contribution in [0.3, 0.4) is 0 Å². The van der Waals surface area contributed by atoms with Gasteiger partial charge in [-0.1, -0.05) is 48.9 Å². The highest BCUT2D eigenvalue weighted by molar-refractivity contribution is 7.90. The van der Waals surface area contributed by atoms with Crippen molar-refractivity contribution in [1.82, 2.24) is 20.1 Å². The SMILES string of the molecule is COc1cc2c(cc1OC)C(c1ccccc1)N(CCc1ccc(S(=O)(=O)NC(=O)NN3CCCCC3)cc1)C2=O. The van der Waals surface area contributed by atoms with Gasteiger partial charge in [0.2, 0.25) is 0 Å². The van der Waals surface area contributed by atoms with E-state index in [2.05, 4.69) is 10.1 Å². The number of nitrogens with zero attached hydrogens (tertiary/aromatic N) is 2. The highest BCUT2D eigenvalue weighted by Gasteiger charge is 2.38. The number of benzene rings is 3. The van der Waals surface area contributed by atoms with Crippen molar-refractivity contribution in [2.75, 3.05) is 33.9 Å². The molecule has 2 N–H and O–H groups in total. The predicted molar refractivity (Wildman–Crippen MR) is 153 cm³/mol. The van der Waals surface area contributed by atoms with E-state index in [1.165, 1.54) is 19.2 Å². The summed E-state index contributed by atoms with van der Waals surface area (Å²) in [6, 6.07) is 18.6. The quantitative estimate of drug-likeness (QED) is 0.396. The first-order chi connectivity index (χ1) is 19.8. The van der Waals surface area contributed by atoms with Gasteiger partial charge in [0, 0.05) is 25.2 Å². The van der Waals surface area contributed by atoms with Gasteiger partial charge in [0.1, 0.15) is 0 Å². The number of rotatable bonds is 9. The molecule has 1 fully saturated rings. The van der Waals surface area contributed by atoms with E-state index in [4.69, 9.17) is 9.47 Å². The number of fused-ring (bicyclic) bond motifs is 1. The maximum absolute atomic E-state index is 13.6. The molecule has 3 amide bonds. The number of ether oxygens (including phenoxy) is 2. The second-order valence-corrected chi connectivity index (χ2v) is 11.8. The molecule has 1 atom stereocenters. The number of piperidine rings is 1. The van der Waals surface area contributed by atoms with Crippen LogP contribution in [0.15, 0.2) is 71.6 Å². The maximum atomic E-state index is 13.6. The van der Waals surface area contributed by atoms with Crippen LogP contribution in [0.2, 0.25) is 0 Å². The van der Waals surface area contributed by atoms with Gasteiger partial charge in [0.15, 0.2) is 11.5 Å². The first-order valence-electron chi connectivity index (χ1n) is 13.6. The number of sulfonamides is 1. The highest BCUT2D eigenvalue weighted by Crippen LogP contribution is 2.43. The predicted octanol–water partition coefficient (Wildman–Crippen LogP) is 3.88. The van der Waals surface area contributed by atoms with Crippen LogP contribution in [0, 0.1) is 0 Å². The van der Waals surface area contributed by atoms with Crippen molar-refractivity contribution >= 4 is 22.0 Å². The number of hydrazine groups is 1. The fourth-order valence-electron chi connectivity index (χ4n) is 5.41. The number of amides is 3. The molecule has 0 aliphatic carbocycles. The molecule has 0 aromatic heterocycles. The zero-order valence-corrected chi connectivity index (χ0v) is 23.9. The average Bonchev–Trinajstić information content (AvgIpc) is 3.26. The smallest absolute Gasteiger partial charge is 0.343 e. The van der Waals surface area contributed by atoms with Crippen molar-refractivity contribution < 1.29 is 27.5 Å². The first kappa shape index (κ1) is 28.4. The number of carbonyl (C=O) groups is 2. The Morgan fingerprint density at radius 2 is 1.59 bits per heavy atom. The largest absolute Gasteiger partial charge is 0.493 e. The minimum absolute atomic E-state index is 0.0129. The third-order valence-electron chi connectivity index (χ3n) is 7.49. The lowest BCUT2D eigenvalue weighted by atomic mass is 9.97. The summed E-state index contributed by atoms with van der Waals surface area (Å²) >= 11 is 0. The second kappa shape index (κ2) is 12.2. The van der Waals surface area contributed by atoms with Crippen LogP contribution < -0.4 is 19.6 Å². The lowest BCUT2D eigenvalue weighted by Crippen LogP contribution is -2.50. The molecule has 41 heavy (non-hydrogen) atoms. The fourth-order valence-corrected chi connectivity index (χ4v) is 6.31. The number of carbonyl (C=O) groups excluding carboxylic acids is 2. The van der Waals surface area contributed by atoms with E-state index in [0.29, 0.717) is 43.1 Å². The summed E-state index contributed by atoms with van der Waals surface area (Å²) in [7, 11) is -0.933. The van der Waals surface area contributed by atoms with Crippen LogP contribution in [0.4, 0.5) is 4.79 Å². The number of methoxy groups -OCH3 is 2. The number of hydrogen-bond acceptors (Lipinski definition) is 7. The minimum Gasteiger partial charge on any atom is -0.493 e. The first-order valence-corrected chi connectivity index (χ1v) is 15.1. The maximum Gasteiger partial charge on any atom is 0.343 e. The van der Waals surface area contributed by atoms with Crippen LogP contribution in [0.1, 0.15) is 52.4 Å². The molecule has 10 nitrogen and oxygen atoms in total. The molecule has 2 aliphatic heterocycles. The van der Waals surface area contributed by atoms with E-state index in [1.807, 2.05) is 41.3 Å². The fraction of sp³-hybridized carbons (Fsp3) is 0.333. The Labute approximate surface area is 240 Å². The van der Waals surface area contributed by atoms with Crippen LogP contribution in [-0.2, 0) is 16.4 Å². The van der Waals surface area contributed by atoms with Crippen molar-refractivity contribution in [2.45, 2.75) is 36.6 Å². The zero-order chi connectivity index (χ0) is 29.0. The molecule has 0 spiro atoms. The molecular formula is C30H34N4O6S. The van der Waals surface area contributed by atoms with Gasteiger partial charge >= 0.3 is 6.03 Å². The number of urea groups is 1.